The Labute approximate surface area is 168 Å². The molecule has 1 aliphatic rings. The van der Waals surface area contributed by atoms with E-state index in [0.717, 1.165) is 28.6 Å². The number of H-pyrrole nitrogens is 2. The first-order chi connectivity index (χ1) is 14.2. The monoisotopic (exact) mass is 386 g/mol. The van der Waals surface area contributed by atoms with Crippen molar-refractivity contribution in [3.05, 3.63) is 65.9 Å². The van der Waals surface area contributed by atoms with Crippen molar-refractivity contribution in [2.75, 3.05) is 10.6 Å². The summed E-state index contributed by atoms with van der Waals surface area (Å²) in [6, 6.07) is 14.1. The molecule has 0 saturated heterocycles. The molecule has 4 aromatic rings. The third kappa shape index (κ3) is 4.11. The fraction of sp³-hybridized carbons (Fsp3) is 0.238. The summed E-state index contributed by atoms with van der Waals surface area (Å²) in [6.45, 7) is 2.45. The lowest BCUT2D eigenvalue weighted by Crippen LogP contribution is -2.07. The second kappa shape index (κ2) is 7.38. The topological polar surface area (TPSA) is 107 Å². The normalized spacial score (nSPS) is 13.4. The largest absolute Gasteiger partial charge is 0.347 e. The van der Waals surface area contributed by atoms with Gasteiger partial charge in [-0.1, -0.05) is 30.3 Å². The van der Waals surface area contributed by atoms with E-state index in [9.17, 15) is 0 Å². The number of anilines is 3. The molecule has 0 aliphatic heterocycles. The molecule has 1 fully saturated rings. The Morgan fingerprint density at radius 2 is 1.93 bits per heavy atom. The highest BCUT2D eigenvalue weighted by molar-refractivity contribution is 5.58. The Balaban J connectivity index is 1.26. The van der Waals surface area contributed by atoms with E-state index in [2.05, 4.69) is 59.0 Å². The lowest BCUT2D eigenvalue weighted by molar-refractivity contribution is 0.958. The highest BCUT2D eigenvalue weighted by Gasteiger charge is 2.25. The van der Waals surface area contributed by atoms with Gasteiger partial charge in [0.05, 0.1) is 18.4 Å². The van der Waals surface area contributed by atoms with Crippen LogP contribution in [0.25, 0.3) is 11.3 Å². The lowest BCUT2D eigenvalue weighted by atomic mass is 10.2. The summed E-state index contributed by atoms with van der Waals surface area (Å²) in [5, 5.41) is 13.9. The van der Waals surface area contributed by atoms with Crippen LogP contribution in [0.4, 0.5) is 17.6 Å². The highest BCUT2D eigenvalue weighted by atomic mass is 15.2. The Kier molecular flexibility index (Phi) is 4.44. The summed E-state index contributed by atoms with van der Waals surface area (Å²) >= 11 is 0. The Bertz CT molecular complexity index is 1110. The molecule has 1 aliphatic carbocycles. The summed E-state index contributed by atoms with van der Waals surface area (Å²) in [5.41, 5.74) is 4.14. The van der Waals surface area contributed by atoms with Crippen molar-refractivity contribution < 1.29 is 0 Å². The molecule has 1 aromatic carbocycles. The van der Waals surface area contributed by atoms with Crippen LogP contribution in [0.15, 0.2) is 48.7 Å². The van der Waals surface area contributed by atoms with E-state index in [1.807, 2.05) is 37.4 Å². The van der Waals surface area contributed by atoms with Crippen LogP contribution in [-0.2, 0) is 6.54 Å². The number of benzene rings is 1. The third-order valence-electron chi connectivity index (χ3n) is 4.85. The second-order valence-corrected chi connectivity index (χ2v) is 7.29. The number of aromatic amines is 2. The Morgan fingerprint density at radius 1 is 1.07 bits per heavy atom. The van der Waals surface area contributed by atoms with Gasteiger partial charge in [0.1, 0.15) is 11.6 Å². The number of aromatic nitrogens is 6. The number of nitrogens with one attached hydrogen (secondary N) is 4. The van der Waals surface area contributed by atoms with Crippen LogP contribution >= 0.6 is 0 Å². The van der Waals surface area contributed by atoms with Crippen molar-refractivity contribution in [3.63, 3.8) is 0 Å². The average molecular weight is 386 g/mol. The minimum absolute atomic E-state index is 0.504. The van der Waals surface area contributed by atoms with Crippen molar-refractivity contribution in [1.82, 2.24) is 30.1 Å². The van der Waals surface area contributed by atoms with E-state index in [-0.39, 0.29) is 0 Å². The van der Waals surface area contributed by atoms with Gasteiger partial charge >= 0.3 is 0 Å². The van der Waals surface area contributed by atoms with Crippen molar-refractivity contribution in [2.24, 2.45) is 0 Å². The molecule has 5 rings (SSSR count). The molecule has 0 amide bonds. The van der Waals surface area contributed by atoms with E-state index in [1.54, 1.807) is 0 Å². The minimum Gasteiger partial charge on any atom is -0.347 e. The number of hydrogen-bond acceptors (Lipinski definition) is 6. The van der Waals surface area contributed by atoms with Crippen LogP contribution in [0.1, 0.15) is 36.0 Å². The summed E-state index contributed by atoms with van der Waals surface area (Å²) < 4.78 is 0. The molecule has 1 saturated carbocycles. The zero-order chi connectivity index (χ0) is 19.6. The van der Waals surface area contributed by atoms with Gasteiger partial charge in [-0.3, -0.25) is 5.10 Å². The summed E-state index contributed by atoms with van der Waals surface area (Å²) in [5.74, 6) is 3.48. The van der Waals surface area contributed by atoms with E-state index in [4.69, 9.17) is 0 Å². The zero-order valence-corrected chi connectivity index (χ0v) is 16.1. The van der Waals surface area contributed by atoms with Crippen LogP contribution < -0.4 is 10.6 Å². The molecular formula is C21H22N8. The Hall–Kier alpha value is -3.68. The van der Waals surface area contributed by atoms with Gasteiger partial charge in [-0.2, -0.15) is 10.1 Å². The molecule has 8 heteroatoms. The van der Waals surface area contributed by atoms with Gasteiger partial charge in [0.2, 0.25) is 5.95 Å². The van der Waals surface area contributed by atoms with Gasteiger partial charge in [0, 0.05) is 29.4 Å². The molecule has 0 atom stereocenters. The zero-order valence-electron chi connectivity index (χ0n) is 16.1. The van der Waals surface area contributed by atoms with Gasteiger partial charge in [-0.15, -0.1) is 0 Å². The fourth-order valence-electron chi connectivity index (χ4n) is 3.23. The first kappa shape index (κ1) is 17.4. The van der Waals surface area contributed by atoms with E-state index < -0.39 is 0 Å². The molecular weight excluding hydrogens is 364 g/mol. The summed E-state index contributed by atoms with van der Waals surface area (Å²) in [4.78, 5) is 16.8. The molecule has 0 bridgehead atoms. The predicted molar refractivity (Wildman–Crippen MR) is 112 cm³/mol. The summed E-state index contributed by atoms with van der Waals surface area (Å²) in [6.07, 6.45) is 4.31. The molecule has 3 heterocycles. The second-order valence-electron chi connectivity index (χ2n) is 7.29. The fourth-order valence-corrected chi connectivity index (χ4v) is 3.23. The first-order valence-electron chi connectivity index (χ1n) is 9.74. The number of hydrogen-bond donors (Lipinski definition) is 4. The number of aryl methyl sites for hydroxylation is 1. The number of imidazole rings is 1. The third-order valence-corrected chi connectivity index (χ3v) is 4.85. The maximum atomic E-state index is 4.55. The predicted octanol–water partition coefficient (Wildman–Crippen LogP) is 4.13. The highest BCUT2D eigenvalue weighted by Crippen LogP contribution is 2.39. The van der Waals surface area contributed by atoms with Gasteiger partial charge in [0.15, 0.2) is 5.82 Å². The van der Waals surface area contributed by atoms with Gasteiger partial charge in [-0.05, 0) is 25.3 Å². The van der Waals surface area contributed by atoms with E-state index >= 15 is 0 Å². The van der Waals surface area contributed by atoms with E-state index in [1.165, 1.54) is 18.5 Å². The first-order valence-corrected chi connectivity index (χ1v) is 9.74. The van der Waals surface area contributed by atoms with Crippen molar-refractivity contribution in [3.8, 4) is 11.3 Å². The molecule has 0 radical (unpaired) electrons. The van der Waals surface area contributed by atoms with E-state index in [0.29, 0.717) is 24.2 Å². The smallest absolute Gasteiger partial charge is 0.225 e. The molecule has 29 heavy (non-hydrogen) atoms. The Morgan fingerprint density at radius 3 is 2.76 bits per heavy atom. The average Bonchev–Trinajstić information content (AvgIpc) is 3.29. The molecule has 146 valence electrons. The van der Waals surface area contributed by atoms with Crippen molar-refractivity contribution >= 4 is 17.6 Å². The molecule has 8 nitrogen and oxygen atoms in total. The quantitative estimate of drug-likeness (QED) is 0.380. The summed E-state index contributed by atoms with van der Waals surface area (Å²) in [7, 11) is 0. The van der Waals surface area contributed by atoms with Crippen LogP contribution in [-0.4, -0.2) is 30.1 Å². The van der Waals surface area contributed by atoms with Crippen molar-refractivity contribution in [1.29, 1.82) is 0 Å². The standard InChI is InChI=1S/C21H22N8/c1-13-9-18(26-19-10-16(28-29-19)15-7-8-15)27-21(24-13)23-12-20-22-11-17(25-20)14-5-3-2-4-6-14/h2-6,9-11,15H,7-8,12H2,1H3,(H,22,25)(H3,23,24,26,27,28,29). The maximum Gasteiger partial charge on any atom is 0.225 e. The van der Waals surface area contributed by atoms with Crippen LogP contribution in [0.5, 0.6) is 0 Å². The molecule has 3 aromatic heterocycles. The minimum atomic E-state index is 0.504. The van der Waals surface area contributed by atoms with Crippen LogP contribution in [0.3, 0.4) is 0 Å². The molecule has 0 spiro atoms. The van der Waals surface area contributed by atoms with Gasteiger partial charge in [-0.25, -0.2) is 9.97 Å². The van der Waals surface area contributed by atoms with Crippen LogP contribution in [0, 0.1) is 6.92 Å². The molecule has 0 unspecified atom stereocenters. The van der Waals surface area contributed by atoms with Crippen LogP contribution in [0.2, 0.25) is 0 Å². The number of rotatable bonds is 7. The van der Waals surface area contributed by atoms with Crippen molar-refractivity contribution in [2.45, 2.75) is 32.2 Å². The van der Waals surface area contributed by atoms with Gasteiger partial charge in [0.25, 0.3) is 0 Å². The maximum absolute atomic E-state index is 4.55. The number of nitrogens with zero attached hydrogens (tertiary/aromatic N) is 4. The SMILES string of the molecule is Cc1cc(Nc2cc(C3CC3)[nH]n2)nc(NCc2ncc(-c3ccccc3)[nH]2)n1. The lowest BCUT2D eigenvalue weighted by Gasteiger charge is -2.08. The van der Waals surface area contributed by atoms with Gasteiger partial charge < -0.3 is 15.6 Å². The molecule has 4 N–H and O–H groups in total.